The van der Waals surface area contributed by atoms with E-state index in [4.69, 9.17) is 9.47 Å². The van der Waals surface area contributed by atoms with Gasteiger partial charge in [0.15, 0.2) is 0 Å². The molecule has 0 aromatic heterocycles. The highest BCUT2D eigenvalue weighted by molar-refractivity contribution is 5.97. The molecule has 1 aromatic carbocycles. The number of hydrogen-bond donors (Lipinski definition) is 1. The number of benzene rings is 1. The van der Waals surface area contributed by atoms with E-state index in [9.17, 15) is 14.7 Å². The predicted octanol–water partition coefficient (Wildman–Crippen LogP) is 0.837. The number of carbonyl (C=O) groups is 2. The predicted molar refractivity (Wildman–Crippen MR) is 87.3 cm³/mol. The van der Waals surface area contributed by atoms with Gasteiger partial charge < -0.3 is 24.4 Å². The zero-order chi connectivity index (χ0) is 17.1. The van der Waals surface area contributed by atoms with Crippen LogP contribution in [0.3, 0.4) is 0 Å². The molecule has 7 heteroatoms. The number of ether oxygens (including phenoxy) is 2. The van der Waals surface area contributed by atoms with Crippen molar-refractivity contribution in [3.8, 4) is 0 Å². The fourth-order valence-corrected chi connectivity index (χ4v) is 3.23. The first-order chi connectivity index (χ1) is 11.6. The number of amides is 1. The molecule has 7 nitrogen and oxygen atoms in total. The van der Waals surface area contributed by atoms with Gasteiger partial charge in [0, 0.05) is 44.4 Å². The second-order valence-electron chi connectivity index (χ2n) is 6.05. The summed E-state index contributed by atoms with van der Waals surface area (Å²) in [6.45, 7) is 3.36. The van der Waals surface area contributed by atoms with E-state index in [0.29, 0.717) is 31.7 Å². The van der Waals surface area contributed by atoms with Gasteiger partial charge in [0.05, 0.1) is 19.3 Å². The van der Waals surface area contributed by atoms with Crippen molar-refractivity contribution in [2.45, 2.75) is 18.6 Å². The minimum atomic E-state index is -0.993. The maximum absolute atomic E-state index is 12.7. The summed E-state index contributed by atoms with van der Waals surface area (Å²) in [4.78, 5) is 27.7. The lowest BCUT2D eigenvalue weighted by atomic mass is 10.1. The summed E-state index contributed by atoms with van der Waals surface area (Å²) < 4.78 is 10.6. The van der Waals surface area contributed by atoms with E-state index < -0.39 is 12.0 Å². The summed E-state index contributed by atoms with van der Waals surface area (Å²) in [5.41, 5.74) is 1.54. The van der Waals surface area contributed by atoms with Gasteiger partial charge in [0.2, 0.25) is 0 Å². The Hall–Kier alpha value is -2.12. The molecule has 1 aromatic rings. The van der Waals surface area contributed by atoms with Crippen LogP contribution in [0.1, 0.15) is 16.8 Å². The molecule has 24 heavy (non-hydrogen) atoms. The van der Waals surface area contributed by atoms with Crippen LogP contribution in [0, 0.1) is 0 Å². The van der Waals surface area contributed by atoms with Crippen LogP contribution in [0.25, 0.3) is 0 Å². The molecule has 2 atom stereocenters. The van der Waals surface area contributed by atoms with Gasteiger partial charge in [-0.3, -0.25) is 4.79 Å². The first kappa shape index (κ1) is 16.7. The van der Waals surface area contributed by atoms with Crippen LogP contribution in [0.5, 0.6) is 0 Å². The average Bonchev–Trinajstić information content (AvgIpc) is 3.07. The highest BCUT2D eigenvalue weighted by Crippen LogP contribution is 2.24. The maximum Gasteiger partial charge on any atom is 0.326 e. The van der Waals surface area contributed by atoms with Gasteiger partial charge in [-0.2, -0.15) is 0 Å². The van der Waals surface area contributed by atoms with Crippen LogP contribution < -0.4 is 4.90 Å². The SMILES string of the molecule is COC1CC(C(=O)O)N(C(=O)c2ccc(N3CCOCC3)cc2)C1. The number of carboxylic acid groups (broad SMARTS) is 1. The van der Waals surface area contributed by atoms with E-state index in [1.54, 1.807) is 12.1 Å². The van der Waals surface area contributed by atoms with E-state index in [1.165, 1.54) is 12.0 Å². The molecule has 2 unspecified atom stereocenters. The Morgan fingerprint density at radius 1 is 1.21 bits per heavy atom. The van der Waals surface area contributed by atoms with Crippen molar-refractivity contribution in [3.63, 3.8) is 0 Å². The number of hydrogen-bond acceptors (Lipinski definition) is 5. The molecule has 0 saturated carbocycles. The highest BCUT2D eigenvalue weighted by atomic mass is 16.5. The molecule has 1 amide bonds. The monoisotopic (exact) mass is 334 g/mol. The Morgan fingerprint density at radius 3 is 2.46 bits per heavy atom. The summed E-state index contributed by atoms with van der Waals surface area (Å²) >= 11 is 0. The lowest BCUT2D eigenvalue weighted by molar-refractivity contribution is -0.141. The maximum atomic E-state index is 12.7. The number of methoxy groups -OCH3 is 1. The van der Waals surface area contributed by atoms with Gasteiger partial charge in [0.25, 0.3) is 5.91 Å². The molecule has 3 rings (SSSR count). The van der Waals surface area contributed by atoms with Gasteiger partial charge in [0.1, 0.15) is 6.04 Å². The third kappa shape index (κ3) is 3.37. The summed E-state index contributed by atoms with van der Waals surface area (Å²) in [7, 11) is 1.54. The van der Waals surface area contributed by atoms with Crippen molar-refractivity contribution in [3.05, 3.63) is 29.8 Å². The molecule has 2 saturated heterocycles. The van der Waals surface area contributed by atoms with Crippen LogP contribution in [-0.4, -0.2) is 74.0 Å². The van der Waals surface area contributed by atoms with Gasteiger partial charge in [-0.15, -0.1) is 0 Å². The van der Waals surface area contributed by atoms with Gasteiger partial charge in [-0.05, 0) is 24.3 Å². The quantitative estimate of drug-likeness (QED) is 0.879. The van der Waals surface area contributed by atoms with E-state index in [2.05, 4.69) is 4.90 Å². The first-order valence-corrected chi connectivity index (χ1v) is 8.09. The summed E-state index contributed by atoms with van der Waals surface area (Å²) in [6.07, 6.45) is 0.0892. The minimum absolute atomic E-state index is 0.234. The van der Waals surface area contributed by atoms with E-state index in [1.807, 2.05) is 12.1 Å². The Morgan fingerprint density at radius 2 is 1.88 bits per heavy atom. The third-order valence-corrected chi connectivity index (χ3v) is 4.63. The molecule has 2 aliphatic heterocycles. The number of anilines is 1. The largest absolute Gasteiger partial charge is 0.480 e. The standard InChI is InChI=1S/C17H22N2O5/c1-23-14-10-15(17(21)22)19(11-14)16(20)12-2-4-13(5-3-12)18-6-8-24-9-7-18/h2-5,14-15H,6-11H2,1H3,(H,21,22). The molecule has 0 radical (unpaired) electrons. The smallest absolute Gasteiger partial charge is 0.326 e. The van der Waals surface area contributed by atoms with Crippen LogP contribution in [0.2, 0.25) is 0 Å². The van der Waals surface area contributed by atoms with Crippen LogP contribution in [0.4, 0.5) is 5.69 Å². The summed E-state index contributed by atoms with van der Waals surface area (Å²) in [6, 6.07) is 6.48. The Bertz CT molecular complexity index is 598. The van der Waals surface area contributed by atoms with Crippen molar-refractivity contribution >= 4 is 17.6 Å². The summed E-state index contributed by atoms with van der Waals surface area (Å²) in [5.74, 6) is -1.26. The third-order valence-electron chi connectivity index (χ3n) is 4.63. The Labute approximate surface area is 140 Å². The van der Waals surface area contributed by atoms with E-state index in [-0.39, 0.29) is 12.0 Å². The van der Waals surface area contributed by atoms with Crippen molar-refractivity contribution in [1.29, 1.82) is 0 Å². The van der Waals surface area contributed by atoms with Crippen LogP contribution >= 0.6 is 0 Å². The number of carboxylic acids is 1. The molecule has 0 aliphatic carbocycles. The minimum Gasteiger partial charge on any atom is -0.480 e. The molecule has 2 heterocycles. The number of morpholine rings is 1. The normalized spacial score (nSPS) is 24.2. The zero-order valence-corrected chi connectivity index (χ0v) is 13.7. The van der Waals surface area contributed by atoms with E-state index >= 15 is 0 Å². The molecule has 130 valence electrons. The zero-order valence-electron chi connectivity index (χ0n) is 13.7. The molecule has 2 aliphatic rings. The van der Waals surface area contributed by atoms with Crippen molar-refractivity contribution in [2.75, 3.05) is 44.9 Å². The lowest BCUT2D eigenvalue weighted by Crippen LogP contribution is -2.40. The number of likely N-dealkylation sites (tertiary alicyclic amines) is 1. The van der Waals surface area contributed by atoms with E-state index in [0.717, 1.165) is 18.8 Å². The molecule has 2 fully saturated rings. The second-order valence-corrected chi connectivity index (χ2v) is 6.05. The fraction of sp³-hybridized carbons (Fsp3) is 0.529. The van der Waals surface area contributed by atoms with Gasteiger partial charge in [-0.25, -0.2) is 4.79 Å². The van der Waals surface area contributed by atoms with Gasteiger partial charge in [-0.1, -0.05) is 0 Å². The van der Waals surface area contributed by atoms with Crippen LogP contribution in [0.15, 0.2) is 24.3 Å². The van der Waals surface area contributed by atoms with Gasteiger partial charge >= 0.3 is 5.97 Å². The molecular formula is C17H22N2O5. The Balaban J connectivity index is 1.73. The highest BCUT2D eigenvalue weighted by Gasteiger charge is 2.40. The molecule has 1 N–H and O–H groups in total. The lowest BCUT2D eigenvalue weighted by Gasteiger charge is -2.29. The van der Waals surface area contributed by atoms with Crippen molar-refractivity contribution < 1.29 is 24.2 Å². The second kappa shape index (κ2) is 7.19. The molecular weight excluding hydrogens is 312 g/mol. The Kier molecular flexibility index (Phi) is 5.01. The molecule has 0 bridgehead atoms. The van der Waals surface area contributed by atoms with Crippen molar-refractivity contribution in [1.82, 2.24) is 4.90 Å². The number of carbonyl (C=O) groups excluding carboxylic acids is 1. The van der Waals surface area contributed by atoms with Crippen molar-refractivity contribution in [2.24, 2.45) is 0 Å². The molecule has 0 spiro atoms. The first-order valence-electron chi connectivity index (χ1n) is 8.09. The number of rotatable bonds is 4. The summed E-state index contributed by atoms with van der Waals surface area (Å²) in [5, 5.41) is 9.34. The number of aliphatic carboxylic acids is 1. The van der Waals surface area contributed by atoms with Crippen LogP contribution in [-0.2, 0) is 14.3 Å². The average molecular weight is 334 g/mol. The fourth-order valence-electron chi connectivity index (χ4n) is 3.23. The number of nitrogens with zero attached hydrogens (tertiary/aromatic N) is 2. The topological polar surface area (TPSA) is 79.3 Å².